The van der Waals surface area contributed by atoms with Crippen LogP contribution in [0.3, 0.4) is 0 Å². The maximum absolute atomic E-state index is 9.76. The van der Waals surface area contributed by atoms with Crippen molar-refractivity contribution in [1.82, 2.24) is 0 Å². The van der Waals surface area contributed by atoms with E-state index in [9.17, 15) is 5.11 Å². The second-order valence-corrected chi connectivity index (χ2v) is 6.89. The lowest BCUT2D eigenvalue weighted by Crippen LogP contribution is -2.16. The molecule has 0 aromatic heterocycles. The van der Waals surface area contributed by atoms with E-state index in [2.05, 4.69) is 48.0 Å². The summed E-state index contributed by atoms with van der Waals surface area (Å²) in [6, 6.07) is 13.9. The van der Waals surface area contributed by atoms with Crippen LogP contribution in [0.4, 0.5) is 0 Å². The van der Waals surface area contributed by atoms with Crippen LogP contribution >= 0.6 is 15.9 Å². The molecule has 0 saturated heterocycles. The van der Waals surface area contributed by atoms with E-state index in [-0.39, 0.29) is 6.61 Å². The van der Waals surface area contributed by atoms with Gasteiger partial charge in [0.2, 0.25) is 0 Å². The van der Waals surface area contributed by atoms with Crippen LogP contribution in [0.2, 0.25) is 0 Å². The van der Waals surface area contributed by atoms with Crippen molar-refractivity contribution in [3.8, 4) is 5.75 Å². The molecule has 0 aliphatic carbocycles. The van der Waals surface area contributed by atoms with Gasteiger partial charge in [0, 0.05) is 10.9 Å². The van der Waals surface area contributed by atoms with Gasteiger partial charge in [-0.2, -0.15) is 0 Å². The molecule has 1 unspecified atom stereocenters. The summed E-state index contributed by atoms with van der Waals surface area (Å²) in [4.78, 5) is 0. The van der Waals surface area contributed by atoms with Crippen LogP contribution < -0.4 is 4.74 Å². The summed E-state index contributed by atoms with van der Waals surface area (Å²) in [5, 5.41) is 18.8. The van der Waals surface area contributed by atoms with Crippen LogP contribution in [-0.4, -0.2) is 22.9 Å². The first-order valence-corrected chi connectivity index (χ1v) is 8.58. The molecule has 2 rings (SSSR count). The second kappa shape index (κ2) is 8.48. The van der Waals surface area contributed by atoms with Gasteiger partial charge in [-0.1, -0.05) is 48.0 Å². The number of benzene rings is 2. The molecule has 2 N–H and O–H groups in total. The van der Waals surface area contributed by atoms with E-state index >= 15 is 0 Å². The SMILES string of the molecule is CC(C)c1ccc(COc2ccc(Br)cc2)cc1CC(O)CO. The second-order valence-electron chi connectivity index (χ2n) is 5.97. The molecule has 4 heteroatoms. The predicted octanol–water partition coefficient (Wildman–Crippen LogP) is 4.05. The zero-order valence-electron chi connectivity index (χ0n) is 13.5. The van der Waals surface area contributed by atoms with E-state index < -0.39 is 6.10 Å². The molecule has 0 spiro atoms. The molecule has 0 bridgehead atoms. The van der Waals surface area contributed by atoms with E-state index in [4.69, 9.17) is 9.84 Å². The van der Waals surface area contributed by atoms with Gasteiger partial charge >= 0.3 is 0 Å². The summed E-state index contributed by atoms with van der Waals surface area (Å²) >= 11 is 3.40. The summed E-state index contributed by atoms with van der Waals surface area (Å²) in [7, 11) is 0. The molecule has 0 aliphatic heterocycles. The number of aliphatic hydroxyl groups excluding tert-OH is 2. The monoisotopic (exact) mass is 378 g/mol. The molecule has 0 amide bonds. The van der Waals surface area contributed by atoms with Crippen molar-refractivity contribution in [1.29, 1.82) is 0 Å². The first-order valence-electron chi connectivity index (χ1n) is 7.78. The van der Waals surface area contributed by atoms with E-state index in [1.54, 1.807) is 0 Å². The Morgan fingerprint density at radius 1 is 1.09 bits per heavy atom. The normalized spacial score (nSPS) is 12.4. The van der Waals surface area contributed by atoms with Crippen molar-refractivity contribution in [2.24, 2.45) is 0 Å². The first-order chi connectivity index (χ1) is 11.0. The van der Waals surface area contributed by atoms with Gasteiger partial charge in [0.15, 0.2) is 0 Å². The molecule has 0 fully saturated rings. The van der Waals surface area contributed by atoms with Crippen LogP contribution in [0.5, 0.6) is 5.75 Å². The lowest BCUT2D eigenvalue weighted by Gasteiger charge is -2.17. The van der Waals surface area contributed by atoms with Gasteiger partial charge in [-0.25, -0.2) is 0 Å². The third-order valence-electron chi connectivity index (χ3n) is 3.71. The van der Waals surface area contributed by atoms with Gasteiger partial charge in [-0.3, -0.25) is 0 Å². The first kappa shape index (κ1) is 18.0. The molecular weight excluding hydrogens is 356 g/mol. The van der Waals surface area contributed by atoms with E-state index in [0.29, 0.717) is 18.9 Å². The number of hydrogen-bond acceptors (Lipinski definition) is 3. The molecular formula is C19H23BrO3. The molecule has 23 heavy (non-hydrogen) atoms. The number of aliphatic hydroxyl groups is 2. The summed E-state index contributed by atoms with van der Waals surface area (Å²) in [5.41, 5.74) is 3.32. The number of rotatable bonds is 7. The maximum atomic E-state index is 9.76. The van der Waals surface area contributed by atoms with E-state index in [0.717, 1.165) is 21.3 Å². The fourth-order valence-corrected chi connectivity index (χ4v) is 2.77. The van der Waals surface area contributed by atoms with Crippen molar-refractivity contribution < 1.29 is 14.9 Å². The van der Waals surface area contributed by atoms with Gasteiger partial charge in [0.05, 0.1) is 12.7 Å². The summed E-state index contributed by atoms with van der Waals surface area (Å²) in [6.07, 6.45) is -0.272. The average molecular weight is 379 g/mol. The molecule has 3 nitrogen and oxygen atoms in total. The molecule has 0 heterocycles. The van der Waals surface area contributed by atoms with Crippen molar-refractivity contribution in [3.63, 3.8) is 0 Å². The Morgan fingerprint density at radius 2 is 1.78 bits per heavy atom. The van der Waals surface area contributed by atoms with Gasteiger partial charge in [-0.05, 0) is 46.9 Å². The zero-order chi connectivity index (χ0) is 16.8. The lowest BCUT2D eigenvalue weighted by atomic mass is 9.92. The minimum atomic E-state index is -0.727. The van der Waals surface area contributed by atoms with Gasteiger partial charge < -0.3 is 14.9 Å². The van der Waals surface area contributed by atoms with Crippen LogP contribution in [0.15, 0.2) is 46.9 Å². The van der Waals surface area contributed by atoms with Gasteiger partial charge in [0.1, 0.15) is 12.4 Å². The average Bonchev–Trinajstić information content (AvgIpc) is 2.54. The third-order valence-corrected chi connectivity index (χ3v) is 4.24. The Bertz CT molecular complexity index is 623. The number of halogens is 1. The summed E-state index contributed by atoms with van der Waals surface area (Å²) in [6.45, 7) is 4.50. The molecule has 2 aromatic rings. The fourth-order valence-electron chi connectivity index (χ4n) is 2.50. The molecule has 2 aromatic carbocycles. The highest BCUT2D eigenvalue weighted by molar-refractivity contribution is 9.10. The van der Waals surface area contributed by atoms with Crippen molar-refractivity contribution in [2.45, 2.75) is 38.9 Å². The number of hydrogen-bond donors (Lipinski definition) is 2. The predicted molar refractivity (Wildman–Crippen MR) is 95.8 cm³/mol. The van der Waals surface area contributed by atoms with Crippen LogP contribution in [0.1, 0.15) is 36.5 Å². The number of ether oxygens (including phenoxy) is 1. The largest absolute Gasteiger partial charge is 0.489 e. The highest BCUT2D eigenvalue weighted by atomic mass is 79.9. The smallest absolute Gasteiger partial charge is 0.119 e. The molecule has 1 atom stereocenters. The van der Waals surface area contributed by atoms with Crippen molar-refractivity contribution >= 4 is 15.9 Å². The standard InChI is InChI=1S/C19H23BrO3/c1-13(2)19-8-3-14(9-15(19)10-17(22)11-21)12-23-18-6-4-16(20)5-7-18/h3-9,13,17,21-22H,10-12H2,1-2H3. The zero-order valence-corrected chi connectivity index (χ0v) is 15.1. The Balaban J connectivity index is 2.12. The highest BCUT2D eigenvalue weighted by Gasteiger charge is 2.12. The van der Waals surface area contributed by atoms with E-state index in [1.807, 2.05) is 24.3 Å². The lowest BCUT2D eigenvalue weighted by molar-refractivity contribution is 0.0952. The topological polar surface area (TPSA) is 49.7 Å². The minimum absolute atomic E-state index is 0.225. The molecule has 0 saturated carbocycles. The van der Waals surface area contributed by atoms with Crippen LogP contribution in [0.25, 0.3) is 0 Å². The Hall–Kier alpha value is -1.36. The molecule has 124 valence electrons. The van der Waals surface area contributed by atoms with Gasteiger partial charge in [0.25, 0.3) is 0 Å². The Kier molecular flexibility index (Phi) is 6.63. The van der Waals surface area contributed by atoms with Crippen molar-refractivity contribution in [2.75, 3.05) is 6.61 Å². The van der Waals surface area contributed by atoms with Crippen LogP contribution in [0, 0.1) is 0 Å². The minimum Gasteiger partial charge on any atom is -0.489 e. The Morgan fingerprint density at radius 3 is 2.39 bits per heavy atom. The maximum Gasteiger partial charge on any atom is 0.119 e. The molecule has 0 radical (unpaired) electrons. The highest BCUT2D eigenvalue weighted by Crippen LogP contribution is 2.23. The fraction of sp³-hybridized carbons (Fsp3) is 0.368. The summed E-state index contributed by atoms with van der Waals surface area (Å²) < 4.78 is 6.82. The Labute approximate surface area is 146 Å². The van der Waals surface area contributed by atoms with E-state index in [1.165, 1.54) is 5.56 Å². The van der Waals surface area contributed by atoms with Gasteiger partial charge in [-0.15, -0.1) is 0 Å². The quantitative estimate of drug-likeness (QED) is 0.763. The molecule has 0 aliphatic rings. The summed E-state index contributed by atoms with van der Waals surface area (Å²) in [5.74, 6) is 1.19. The van der Waals surface area contributed by atoms with Crippen molar-refractivity contribution in [3.05, 3.63) is 63.6 Å². The third kappa shape index (κ3) is 5.34. The van der Waals surface area contributed by atoms with Crippen LogP contribution in [-0.2, 0) is 13.0 Å².